The number of nitrogens with one attached hydrogen (secondary N) is 1. The number of nitriles is 1. The van der Waals surface area contributed by atoms with Crippen LogP contribution in [0.4, 0.5) is 5.82 Å². The maximum Gasteiger partial charge on any atom is 0.272 e. The number of hydrogen-bond donors (Lipinski definition) is 1. The van der Waals surface area contributed by atoms with E-state index in [2.05, 4.69) is 15.5 Å². The van der Waals surface area contributed by atoms with Crippen molar-refractivity contribution in [2.24, 2.45) is 0 Å². The van der Waals surface area contributed by atoms with Gasteiger partial charge in [-0.2, -0.15) is 5.26 Å². The molecule has 0 spiro atoms. The molecule has 2 heterocycles. The summed E-state index contributed by atoms with van der Waals surface area (Å²) in [6.45, 7) is 1.28. The molecule has 0 bridgehead atoms. The number of amides is 1. The van der Waals surface area contributed by atoms with E-state index in [1.54, 1.807) is 30.3 Å². The maximum atomic E-state index is 12.6. The molecule has 4 rings (SSSR count). The second-order valence-electron chi connectivity index (χ2n) is 8.12. The summed E-state index contributed by atoms with van der Waals surface area (Å²) < 4.78 is 6.00. The molecule has 2 fully saturated rings. The highest BCUT2D eigenvalue weighted by molar-refractivity contribution is 6.31. The van der Waals surface area contributed by atoms with E-state index in [1.165, 1.54) is 0 Å². The van der Waals surface area contributed by atoms with Crippen molar-refractivity contribution in [2.45, 2.75) is 50.7 Å². The number of aromatic nitrogens is 2. The molecule has 9 heteroatoms. The molecule has 0 unspecified atom stereocenters. The summed E-state index contributed by atoms with van der Waals surface area (Å²) in [4.78, 5) is 26.0. The largest absolute Gasteiger partial charge is 0.490 e. The Morgan fingerprint density at radius 2 is 1.88 bits per heavy atom. The summed E-state index contributed by atoms with van der Waals surface area (Å²) in [6.07, 6.45) is 4.30. The Hall–Kier alpha value is -3.18. The van der Waals surface area contributed by atoms with Crippen LogP contribution in [0, 0.1) is 11.3 Å². The lowest BCUT2D eigenvalue weighted by molar-refractivity contribution is -0.119. The third-order valence-corrected chi connectivity index (χ3v) is 6.21. The number of ether oxygens (including phenoxy) is 1. The Morgan fingerprint density at radius 1 is 1.12 bits per heavy atom. The zero-order valence-electron chi connectivity index (χ0n) is 17.6. The first-order chi connectivity index (χ1) is 15.5. The van der Waals surface area contributed by atoms with Crippen LogP contribution in [0.3, 0.4) is 0 Å². The van der Waals surface area contributed by atoms with Crippen molar-refractivity contribution in [1.29, 1.82) is 5.26 Å². The van der Waals surface area contributed by atoms with Crippen LogP contribution in [0.25, 0.3) is 0 Å². The molecule has 1 amide bonds. The van der Waals surface area contributed by atoms with Gasteiger partial charge in [0, 0.05) is 38.0 Å². The van der Waals surface area contributed by atoms with Gasteiger partial charge in [-0.25, -0.2) is 0 Å². The lowest BCUT2D eigenvalue weighted by atomic mass is 9.93. The fourth-order valence-electron chi connectivity index (χ4n) is 4.04. The lowest BCUT2D eigenvalue weighted by Gasteiger charge is -2.29. The molecule has 2 aromatic rings. The second-order valence-corrected chi connectivity index (χ2v) is 8.53. The van der Waals surface area contributed by atoms with Crippen LogP contribution in [-0.4, -0.2) is 47.1 Å². The number of hydrogen-bond acceptors (Lipinski definition) is 7. The number of piperidine rings is 1. The zero-order chi connectivity index (χ0) is 22.5. The van der Waals surface area contributed by atoms with E-state index in [-0.39, 0.29) is 29.5 Å². The summed E-state index contributed by atoms with van der Waals surface area (Å²) in [5.41, 5.74) is 0.708. The van der Waals surface area contributed by atoms with Crippen molar-refractivity contribution >= 4 is 29.1 Å². The van der Waals surface area contributed by atoms with Crippen molar-refractivity contribution < 1.29 is 14.3 Å². The van der Waals surface area contributed by atoms with Crippen LogP contribution in [0.15, 0.2) is 30.3 Å². The number of halogens is 1. The summed E-state index contributed by atoms with van der Waals surface area (Å²) in [6, 6.07) is 10.6. The van der Waals surface area contributed by atoms with Crippen molar-refractivity contribution in [1.82, 2.24) is 15.5 Å². The van der Waals surface area contributed by atoms with Gasteiger partial charge in [-0.15, -0.1) is 10.2 Å². The van der Waals surface area contributed by atoms with Crippen LogP contribution in [-0.2, 0) is 4.79 Å². The van der Waals surface area contributed by atoms with Gasteiger partial charge < -0.3 is 15.0 Å². The SMILES string of the molecule is N#Cc1ccc(O[C@H]2CC[C@H](NC(=O)c3ccc(N4CCC(=O)CC4)nn3)CC2)cc1Cl. The molecular formula is C23H24ClN5O3. The molecule has 166 valence electrons. The Bertz CT molecular complexity index is 1020. The maximum absolute atomic E-state index is 12.6. The third-order valence-electron chi connectivity index (χ3n) is 5.90. The minimum atomic E-state index is -0.235. The third kappa shape index (κ3) is 5.35. The van der Waals surface area contributed by atoms with E-state index in [9.17, 15) is 9.59 Å². The minimum absolute atomic E-state index is 0.0441. The van der Waals surface area contributed by atoms with Crippen molar-refractivity contribution in [3.63, 3.8) is 0 Å². The molecular weight excluding hydrogens is 430 g/mol. The Labute approximate surface area is 191 Å². The molecule has 1 aromatic heterocycles. The average Bonchev–Trinajstić information content (AvgIpc) is 2.81. The van der Waals surface area contributed by atoms with Crippen molar-refractivity contribution in [2.75, 3.05) is 18.0 Å². The first-order valence-electron chi connectivity index (χ1n) is 10.8. The van der Waals surface area contributed by atoms with Gasteiger partial charge in [-0.1, -0.05) is 11.6 Å². The normalized spacial score (nSPS) is 21.0. The fourth-order valence-corrected chi connectivity index (χ4v) is 4.25. The van der Waals surface area contributed by atoms with E-state index >= 15 is 0 Å². The summed E-state index contributed by atoms with van der Waals surface area (Å²) in [5, 5.41) is 20.6. The van der Waals surface area contributed by atoms with Gasteiger partial charge in [-0.3, -0.25) is 9.59 Å². The van der Waals surface area contributed by atoms with E-state index in [0.29, 0.717) is 48.1 Å². The van der Waals surface area contributed by atoms with Gasteiger partial charge in [-0.05, 0) is 49.9 Å². The van der Waals surface area contributed by atoms with Gasteiger partial charge in [0.1, 0.15) is 17.6 Å². The smallest absolute Gasteiger partial charge is 0.272 e. The van der Waals surface area contributed by atoms with Gasteiger partial charge in [0.15, 0.2) is 11.5 Å². The number of ketones is 1. The van der Waals surface area contributed by atoms with E-state index in [1.807, 2.05) is 11.0 Å². The quantitative estimate of drug-likeness (QED) is 0.739. The van der Waals surface area contributed by atoms with Crippen LogP contribution < -0.4 is 15.0 Å². The molecule has 1 N–H and O–H groups in total. The summed E-state index contributed by atoms with van der Waals surface area (Å²) in [5.74, 6) is 1.37. The first kappa shape index (κ1) is 22.0. The molecule has 0 radical (unpaired) electrons. The molecule has 0 atom stereocenters. The number of nitrogens with zero attached hydrogens (tertiary/aromatic N) is 4. The highest BCUT2D eigenvalue weighted by Crippen LogP contribution is 2.27. The highest BCUT2D eigenvalue weighted by atomic mass is 35.5. The molecule has 1 aromatic carbocycles. The predicted molar refractivity (Wildman–Crippen MR) is 119 cm³/mol. The van der Waals surface area contributed by atoms with E-state index in [0.717, 1.165) is 25.7 Å². The van der Waals surface area contributed by atoms with Gasteiger partial charge in [0.25, 0.3) is 5.91 Å². The number of rotatable bonds is 5. The molecule has 1 saturated carbocycles. The van der Waals surface area contributed by atoms with Gasteiger partial charge >= 0.3 is 0 Å². The predicted octanol–water partition coefficient (Wildman–Crippen LogP) is 3.29. The Morgan fingerprint density at radius 3 is 2.50 bits per heavy atom. The van der Waals surface area contributed by atoms with Crippen LogP contribution in [0.1, 0.15) is 54.6 Å². The number of carbonyl (C=O) groups is 2. The molecule has 8 nitrogen and oxygen atoms in total. The lowest BCUT2D eigenvalue weighted by Crippen LogP contribution is -2.40. The van der Waals surface area contributed by atoms with Crippen LogP contribution in [0.2, 0.25) is 5.02 Å². The molecule has 1 saturated heterocycles. The fraction of sp³-hybridized carbons (Fsp3) is 0.435. The molecule has 1 aliphatic carbocycles. The zero-order valence-corrected chi connectivity index (χ0v) is 18.3. The van der Waals surface area contributed by atoms with Gasteiger partial charge in [0.05, 0.1) is 16.7 Å². The molecule has 1 aliphatic heterocycles. The monoisotopic (exact) mass is 453 g/mol. The van der Waals surface area contributed by atoms with E-state index < -0.39 is 0 Å². The topological polar surface area (TPSA) is 108 Å². The molecule has 2 aliphatic rings. The van der Waals surface area contributed by atoms with E-state index in [4.69, 9.17) is 21.6 Å². The standard InChI is InChI=1S/C23H24ClN5O3/c24-20-13-19(4-1-15(20)14-25)32-18-5-2-16(3-6-18)26-23(31)21-7-8-22(28-27-21)29-11-9-17(30)10-12-29/h1,4,7-8,13,16,18H,2-3,5-6,9-12H2,(H,26,31)/t16-,18-. The Balaban J connectivity index is 1.25. The number of anilines is 1. The van der Waals surface area contributed by atoms with Gasteiger partial charge in [0.2, 0.25) is 0 Å². The molecule has 32 heavy (non-hydrogen) atoms. The summed E-state index contributed by atoms with van der Waals surface area (Å²) in [7, 11) is 0. The van der Waals surface area contributed by atoms with Crippen molar-refractivity contribution in [3.8, 4) is 11.8 Å². The minimum Gasteiger partial charge on any atom is -0.490 e. The number of Topliss-reactive ketones (excluding diaryl/α,β-unsaturated/α-hetero) is 1. The van der Waals surface area contributed by atoms with Crippen molar-refractivity contribution in [3.05, 3.63) is 46.6 Å². The first-order valence-corrected chi connectivity index (χ1v) is 11.2. The van der Waals surface area contributed by atoms with Crippen LogP contribution >= 0.6 is 11.6 Å². The average molecular weight is 454 g/mol. The Kier molecular flexibility index (Phi) is 6.86. The highest BCUT2D eigenvalue weighted by Gasteiger charge is 2.25. The number of carbonyl (C=O) groups excluding carboxylic acids is 2. The van der Waals surface area contributed by atoms with Crippen LogP contribution in [0.5, 0.6) is 5.75 Å². The number of benzene rings is 1. The summed E-state index contributed by atoms with van der Waals surface area (Å²) >= 11 is 6.07. The second kappa shape index (κ2) is 9.96.